The molecule has 0 saturated heterocycles. The zero-order valence-corrected chi connectivity index (χ0v) is 9.37. The van der Waals surface area contributed by atoms with E-state index in [0.717, 1.165) is 14.0 Å². The van der Waals surface area contributed by atoms with Crippen molar-refractivity contribution in [1.82, 2.24) is 0 Å². The van der Waals surface area contributed by atoms with Crippen LogP contribution < -0.4 is 0 Å². The van der Waals surface area contributed by atoms with Crippen molar-refractivity contribution in [2.24, 2.45) is 0 Å². The molecule has 13 heavy (non-hydrogen) atoms. The first-order valence-corrected chi connectivity index (χ1v) is 4.16. The van der Waals surface area contributed by atoms with Crippen molar-refractivity contribution in [3.8, 4) is 0 Å². The molecule has 0 amide bonds. The lowest BCUT2D eigenvalue weighted by atomic mass is 10.4. The molecule has 0 aromatic heterocycles. The number of aliphatic carboxylic acids is 1. The first-order valence-electron chi connectivity index (χ1n) is 4.16. The predicted octanol–water partition coefficient (Wildman–Crippen LogP) is 1.52. The number of aliphatic hydroxyl groups excluding tert-OH is 1. The van der Waals surface area contributed by atoms with E-state index in [1.165, 1.54) is 0 Å². The van der Waals surface area contributed by atoms with E-state index in [-0.39, 0.29) is 0 Å². The molecule has 0 radical (unpaired) electrons. The highest BCUT2D eigenvalue weighted by atomic mass is 16.5. The minimum absolute atomic E-state index is 0.375. The maximum absolute atomic E-state index is 9.00. The van der Waals surface area contributed by atoms with Gasteiger partial charge in [0.15, 0.2) is 0 Å². The van der Waals surface area contributed by atoms with Crippen molar-refractivity contribution in [2.75, 3.05) is 7.11 Å². The van der Waals surface area contributed by atoms with E-state index in [2.05, 4.69) is 0 Å². The van der Waals surface area contributed by atoms with Crippen molar-refractivity contribution in [3.05, 3.63) is 0 Å². The third-order valence-electron chi connectivity index (χ3n) is 0.544. The van der Waals surface area contributed by atoms with Gasteiger partial charge in [-0.2, -0.15) is 0 Å². The molecular formula is C9H22O4. The van der Waals surface area contributed by atoms with E-state index >= 15 is 0 Å². The van der Waals surface area contributed by atoms with Gasteiger partial charge in [-0.15, -0.1) is 0 Å². The molecule has 0 spiro atoms. The molecule has 4 nitrogen and oxygen atoms in total. The number of ether oxygens (including phenoxy) is 1. The van der Waals surface area contributed by atoms with Crippen molar-refractivity contribution >= 4 is 5.97 Å². The normalized spacial score (nSPS) is 8.38. The average molecular weight is 194 g/mol. The lowest BCUT2D eigenvalue weighted by molar-refractivity contribution is -0.134. The Morgan fingerprint density at radius 3 is 1.23 bits per heavy atom. The van der Waals surface area contributed by atoms with Crippen LogP contribution >= 0.6 is 0 Å². The molecule has 4 heteroatoms. The number of hydrogen-bond donors (Lipinski definition) is 2. The second kappa shape index (κ2) is 13.9. The Hall–Kier alpha value is -0.610. The van der Waals surface area contributed by atoms with Crippen LogP contribution in [0.3, 0.4) is 0 Å². The first-order chi connectivity index (χ1) is 5.86. The van der Waals surface area contributed by atoms with Crippen LogP contribution in [-0.2, 0) is 9.53 Å². The van der Waals surface area contributed by atoms with Crippen LogP contribution in [0.15, 0.2) is 0 Å². The SMILES string of the molecule is CC(=O)O.CC(C)OC(C)C.CO. The third kappa shape index (κ3) is 87.4. The van der Waals surface area contributed by atoms with E-state index in [9.17, 15) is 0 Å². The summed E-state index contributed by atoms with van der Waals surface area (Å²) in [4.78, 5) is 9.00. The fraction of sp³-hybridized carbons (Fsp3) is 0.889. The van der Waals surface area contributed by atoms with Crippen molar-refractivity contribution < 1.29 is 19.7 Å². The Kier molecular flexibility index (Phi) is 19.6. The van der Waals surface area contributed by atoms with Gasteiger partial charge in [0.25, 0.3) is 5.97 Å². The van der Waals surface area contributed by atoms with Gasteiger partial charge < -0.3 is 14.9 Å². The highest BCUT2D eigenvalue weighted by Gasteiger charge is 1.94. The molecule has 0 aromatic rings. The summed E-state index contributed by atoms with van der Waals surface area (Å²) < 4.78 is 5.25. The van der Waals surface area contributed by atoms with E-state index in [0.29, 0.717) is 12.2 Å². The lowest BCUT2D eigenvalue weighted by Gasteiger charge is -2.09. The minimum Gasteiger partial charge on any atom is -0.481 e. The molecule has 82 valence electrons. The van der Waals surface area contributed by atoms with Gasteiger partial charge in [-0.3, -0.25) is 4.79 Å². The van der Waals surface area contributed by atoms with Crippen LogP contribution in [0.25, 0.3) is 0 Å². The van der Waals surface area contributed by atoms with Gasteiger partial charge in [0, 0.05) is 14.0 Å². The molecule has 0 bridgehead atoms. The predicted molar refractivity (Wildman–Crippen MR) is 52.8 cm³/mol. The van der Waals surface area contributed by atoms with Gasteiger partial charge in [-0.05, 0) is 27.7 Å². The lowest BCUT2D eigenvalue weighted by Crippen LogP contribution is -2.09. The number of carboxylic acid groups (broad SMARTS) is 1. The summed E-state index contributed by atoms with van der Waals surface area (Å²) in [5.41, 5.74) is 0. The average Bonchev–Trinajstić information content (AvgIpc) is 1.87. The Labute approximate surface area is 80.5 Å². The fourth-order valence-corrected chi connectivity index (χ4v) is 0.544. The number of carboxylic acids is 1. The highest BCUT2D eigenvalue weighted by molar-refractivity contribution is 5.62. The Bertz CT molecular complexity index is 89.8. The summed E-state index contributed by atoms with van der Waals surface area (Å²) in [6, 6.07) is 0. The molecule has 0 aliphatic heterocycles. The Morgan fingerprint density at radius 2 is 1.23 bits per heavy atom. The van der Waals surface area contributed by atoms with E-state index < -0.39 is 5.97 Å². The second-order valence-electron chi connectivity index (χ2n) is 2.75. The Balaban J connectivity index is -0.000000142. The van der Waals surface area contributed by atoms with Gasteiger partial charge in [-0.1, -0.05) is 0 Å². The quantitative estimate of drug-likeness (QED) is 0.699. The summed E-state index contributed by atoms with van der Waals surface area (Å²) in [5, 5.41) is 14.4. The number of aliphatic hydroxyl groups is 1. The maximum Gasteiger partial charge on any atom is 0.300 e. The summed E-state index contributed by atoms with van der Waals surface area (Å²) in [5.74, 6) is -0.833. The zero-order chi connectivity index (χ0) is 11.4. The van der Waals surface area contributed by atoms with Gasteiger partial charge in [-0.25, -0.2) is 0 Å². The summed E-state index contributed by atoms with van der Waals surface area (Å²) >= 11 is 0. The van der Waals surface area contributed by atoms with Gasteiger partial charge in [0.05, 0.1) is 12.2 Å². The summed E-state index contributed by atoms with van der Waals surface area (Å²) in [6.07, 6.45) is 0.750. The minimum atomic E-state index is -0.833. The fourth-order valence-electron chi connectivity index (χ4n) is 0.544. The molecule has 0 saturated carbocycles. The van der Waals surface area contributed by atoms with Gasteiger partial charge >= 0.3 is 0 Å². The first kappa shape index (κ1) is 18.2. The molecule has 0 aliphatic carbocycles. The van der Waals surface area contributed by atoms with Crippen LogP contribution in [0.4, 0.5) is 0 Å². The van der Waals surface area contributed by atoms with Crippen LogP contribution in [0, 0.1) is 0 Å². The van der Waals surface area contributed by atoms with Crippen LogP contribution in [0.1, 0.15) is 34.6 Å². The van der Waals surface area contributed by atoms with Gasteiger partial charge in [0.1, 0.15) is 0 Å². The van der Waals surface area contributed by atoms with Crippen molar-refractivity contribution in [1.29, 1.82) is 0 Å². The molecule has 0 heterocycles. The molecule has 0 atom stereocenters. The van der Waals surface area contributed by atoms with E-state index in [4.69, 9.17) is 19.7 Å². The topological polar surface area (TPSA) is 66.8 Å². The van der Waals surface area contributed by atoms with E-state index in [1.54, 1.807) is 0 Å². The number of carbonyl (C=O) groups is 1. The smallest absolute Gasteiger partial charge is 0.300 e. The standard InChI is InChI=1S/C6H14O.C2H4O2.CH4O/c1-5(2)7-6(3)4;1-2(3)4;1-2/h5-6H,1-4H3;1H3,(H,3,4);2H,1H3. The Morgan fingerprint density at radius 1 is 1.08 bits per heavy atom. The number of rotatable bonds is 2. The van der Waals surface area contributed by atoms with Crippen LogP contribution in [-0.4, -0.2) is 35.5 Å². The summed E-state index contributed by atoms with van der Waals surface area (Å²) in [6.45, 7) is 9.25. The molecule has 0 fully saturated rings. The van der Waals surface area contributed by atoms with Crippen molar-refractivity contribution in [2.45, 2.75) is 46.8 Å². The molecular weight excluding hydrogens is 172 g/mol. The monoisotopic (exact) mass is 194 g/mol. The largest absolute Gasteiger partial charge is 0.481 e. The second-order valence-corrected chi connectivity index (χ2v) is 2.75. The third-order valence-corrected chi connectivity index (χ3v) is 0.544. The van der Waals surface area contributed by atoms with E-state index in [1.807, 2.05) is 27.7 Å². The summed E-state index contributed by atoms with van der Waals surface area (Å²) in [7, 11) is 1.00. The highest BCUT2D eigenvalue weighted by Crippen LogP contribution is 1.93. The molecule has 2 N–H and O–H groups in total. The molecule has 0 unspecified atom stereocenters. The molecule has 0 rings (SSSR count). The molecule has 0 aliphatic rings. The van der Waals surface area contributed by atoms with Crippen molar-refractivity contribution in [3.63, 3.8) is 0 Å². The molecule has 0 aromatic carbocycles. The van der Waals surface area contributed by atoms with Crippen LogP contribution in [0.2, 0.25) is 0 Å². The number of hydrogen-bond acceptors (Lipinski definition) is 3. The zero-order valence-electron chi connectivity index (χ0n) is 9.37. The van der Waals surface area contributed by atoms with Crippen LogP contribution in [0.5, 0.6) is 0 Å². The maximum atomic E-state index is 9.00. The van der Waals surface area contributed by atoms with Gasteiger partial charge in [0.2, 0.25) is 0 Å².